The van der Waals surface area contributed by atoms with Gasteiger partial charge >= 0.3 is 0 Å². The van der Waals surface area contributed by atoms with E-state index >= 15 is 0 Å². The molecule has 0 aromatic rings. The van der Waals surface area contributed by atoms with E-state index in [9.17, 15) is 4.79 Å². The summed E-state index contributed by atoms with van der Waals surface area (Å²) in [7, 11) is 1.71. The van der Waals surface area contributed by atoms with Gasteiger partial charge in [-0.1, -0.05) is 20.8 Å². The Balaban J connectivity index is 4.16. The molecule has 0 aliphatic carbocycles. The second kappa shape index (κ2) is 7.85. The van der Waals surface area contributed by atoms with Gasteiger partial charge in [0.1, 0.15) is 0 Å². The zero-order valence-electron chi connectivity index (χ0n) is 13.7. The number of carbonyl (C=O) groups excluding carboxylic acids is 1. The van der Waals surface area contributed by atoms with Gasteiger partial charge in [0.25, 0.3) is 0 Å². The average Bonchev–Trinajstić information content (AvgIpc) is 2.33. The van der Waals surface area contributed by atoms with E-state index in [0.717, 1.165) is 26.0 Å². The average molecular weight is 272 g/mol. The van der Waals surface area contributed by atoms with Crippen molar-refractivity contribution in [1.29, 1.82) is 0 Å². The molecule has 0 aromatic heterocycles. The highest BCUT2D eigenvalue weighted by Gasteiger charge is 2.24. The van der Waals surface area contributed by atoms with Crippen molar-refractivity contribution in [3.05, 3.63) is 0 Å². The van der Waals surface area contributed by atoms with Crippen molar-refractivity contribution in [2.45, 2.75) is 66.0 Å². The maximum absolute atomic E-state index is 12.1. The van der Waals surface area contributed by atoms with Crippen molar-refractivity contribution in [2.24, 2.45) is 5.41 Å². The van der Waals surface area contributed by atoms with Crippen LogP contribution in [0.2, 0.25) is 0 Å². The highest BCUT2D eigenvalue weighted by molar-refractivity contribution is 5.81. The number of nitrogens with one attached hydrogen (secondary N) is 2. The molecule has 0 rings (SSSR count). The van der Waals surface area contributed by atoms with E-state index in [0.29, 0.717) is 0 Å². The summed E-state index contributed by atoms with van der Waals surface area (Å²) in [6.07, 6.45) is 1.90. The van der Waals surface area contributed by atoms with Gasteiger partial charge < -0.3 is 15.4 Å². The number of hydrogen-bond donors (Lipinski definition) is 2. The Hall–Kier alpha value is -0.610. The molecule has 19 heavy (non-hydrogen) atoms. The number of hydrogen-bond acceptors (Lipinski definition) is 3. The van der Waals surface area contributed by atoms with Gasteiger partial charge in [-0.3, -0.25) is 4.79 Å². The number of ether oxygens (including phenoxy) is 1. The van der Waals surface area contributed by atoms with Crippen LogP contribution in [0.4, 0.5) is 0 Å². The summed E-state index contributed by atoms with van der Waals surface area (Å²) in [4.78, 5) is 12.1. The predicted molar refractivity (Wildman–Crippen MR) is 80.3 cm³/mol. The van der Waals surface area contributed by atoms with Gasteiger partial charge in [0.15, 0.2) is 0 Å². The lowest BCUT2D eigenvalue weighted by Gasteiger charge is -2.29. The maximum Gasteiger partial charge on any atom is 0.237 e. The Bertz CT molecular complexity index is 275. The van der Waals surface area contributed by atoms with Gasteiger partial charge in [-0.25, -0.2) is 0 Å². The van der Waals surface area contributed by atoms with Crippen LogP contribution in [0, 0.1) is 5.41 Å². The van der Waals surface area contributed by atoms with E-state index in [1.54, 1.807) is 7.11 Å². The molecule has 0 saturated carbocycles. The first kappa shape index (κ1) is 18.4. The molecule has 1 amide bonds. The van der Waals surface area contributed by atoms with Gasteiger partial charge in [-0.05, 0) is 39.0 Å². The largest absolute Gasteiger partial charge is 0.385 e. The van der Waals surface area contributed by atoms with Crippen molar-refractivity contribution in [2.75, 3.05) is 20.3 Å². The van der Waals surface area contributed by atoms with E-state index in [1.807, 2.05) is 20.8 Å². The zero-order chi connectivity index (χ0) is 15.1. The Morgan fingerprint density at radius 1 is 1.26 bits per heavy atom. The minimum Gasteiger partial charge on any atom is -0.385 e. The number of rotatable bonds is 9. The lowest BCUT2D eigenvalue weighted by atomic mass is 9.89. The lowest BCUT2D eigenvalue weighted by Crippen LogP contribution is -2.52. The molecule has 0 aromatic carbocycles. The highest BCUT2D eigenvalue weighted by Crippen LogP contribution is 2.19. The van der Waals surface area contributed by atoms with Crippen molar-refractivity contribution < 1.29 is 9.53 Å². The molecular formula is C15H32N2O2. The van der Waals surface area contributed by atoms with Crippen molar-refractivity contribution in [1.82, 2.24) is 10.6 Å². The monoisotopic (exact) mass is 272 g/mol. The SMILES string of the molecule is CCC(C)(C)NC(=O)C(C)NCC(C)(C)CCOC. The fourth-order valence-electron chi connectivity index (χ4n) is 1.52. The molecule has 2 N–H and O–H groups in total. The van der Waals surface area contributed by atoms with Crippen LogP contribution in [0.3, 0.4) is 0 Å². The molecule has 1 unspecified atom stereocenters. The number of amides is 1. The third-order valence-corrected chi connectivity index (χ3v) is 3.61. The van der Waals surface area contributed by atoms with Crippen LogP contribution in [0.5, 0.6) is 0 Å². The molecule has 0 aliphatic rings. The molecule has 0 spiro atoms. The topological polar surface area (TPSA) is 50.4 Å². The minimum atomic E-state index is -0.173. The lowest BCUT2D eigenvalue weighted by molar-refractivity contribution is -0.124. The van der Waals surface area contributed by atoms with Crippen LogP contribution < -0.4 is 10.6 Å². The fourth-order valence-corrected chi connectivity index (χ4v) is 1.52. The molecule has 0 radical (unpaired) electrons. The molecule has 1 atom stereocenters. The van der Waals surface area contributed by atoms with E-state index < -0.39 is 0 Å². The summed E-state index contributed by atoms with van der Waals surface area (Å²) in [6, 6.07) is -0.173. The van der Waals surface area contributed by atoms with Crippen LogP contribution >= 0.6 is 0 Å². The third kappa shape index (κ3) is 8.22. The normalized spacial score (nSPS) is 14.3. The Morgan fingerprint density at radius 2 is 1.84 bits per heavy atom. The Labute approximate surface area is 118 Å². The second-order valence-electron chi connectivity index (χ2n) is 6.74. The molecule has 0 heterocycles. The fraction of sp³-hybridized carbons (Fsp3) is 0.933. The molecule has 4 heteroatoms. The first-order chi connectivity index (χ1) is 8.63. The second-order valence-corrected chi connectivity index (χ2v) is 6.74. The van der Waals surface area contributed by atoms with Gasteiger partial charge in [-0.15, -0.1) is 0 Å². The Kier molecular flexibility index (Phi) is 7.60. The minimum absolute atomic E-state index is 0.0643. The summed E-state index contributed by atoms with van der Waals surface area (Å²) in [6.45, 7) is 14.0. The van der Waals surface area contributed by atoms with E-state index in [4.69, 9.17) is 4.74 Å². The molecule has 0 fully saturated rings. The summed E-state index contributed by atoms with van der Waals surface area (Å²) in [5, 5.41) is 6.37. The quantitative estimate of drug-likeness (QED) is 0.677. The zero-order valence-corrected chi connectivity index (χ0v) is 13.7. The Morgan fingerprint density at radius 3 is 2.32 bits per heavy atom. The first-order valence-electron chi connectivity index (χ1n) is 7.18. The van der Waals surface area contributed by atoms with E-state index in [2.05, 4.69) is 31.4 Å². The third-order valence-electron chi connectivity index (χ3n) is 3.61. The standard InChI is InChI=1S/C15H32N2O2/c1-8-15(5,6)17-13(18)12(2)16-11-14(3,4)9-10-19-7/h12,16H,8-11H2,1-7H3,(H,17,18). The summed E-state index contributed by atoms with van der Waals surface area (Å²) < 4.78 is 5.11. The van der Waals surface area contributed by atoms with E-state index in [-0.39, 0.29) is 22.9 Å². The number of carbonyl (C=O) groups is 1. The smallest absolute Gasteiger partial charge is 0.237 e. The molecule has 0 saturated heterocycles. The van der Waals surface area contributed by atoms with Crippen LogP contribution in [0.15, 0.2) is 0 Å². The van der Waals surface area contributed by atoms with Gasteiger partial charge in [0, 0.05) is 25.8 Å². The van der Waals surface area contributed by atoms with Gasteiger partial charge in [0.2, 0.25) is 5.91 Å². The van der Waals surface area contributed by atoms with Crippen LogP contribution in [-0.2, 0) is 9.53 Å². The molecule has 0 bridgehead atoms. The molecule has 0 aliphatic heterocycles. The van der Waals surface area contributed by atoms with Crippen molar-refractivity contribution in [3.63, 3.8) is 0 Å². The van der Waals surface area contributed by atoms with Crippen LogP contribution in [0.1, 0.15) is 54.4 Å². The van der Waals surface area contributed by atoms with E-state index in [1.165, 1.54) is 0 Å². The molecule has 114 valence electrons. The predicted octanol–water partition coefficient (Wildman–Crippen LogP) is 2.33. The summed E-state index contributed by atoms with van der Waals surface area (Å²) >= 11 is 0. The van der Waals surface area contributed by atoms with Crippen LogP contribution in [-0.4, -0.2) is 37.7 Å². The highest BCUT2D eigenvalue weighted by atomic mass is 16.5. The first-order valence-corrected chi connectivity index (χ1v) is 7.18. The summed E-state index contributed by atoms with van der Waals surface area (Å²) in [5.74, 6) is 0.0643. The van der Waals surface area contributed by atoms with Gasteiger partial charge in [-0.2, -0.15) is 0 Å². The molecular weight excluding hydrogens is 240 g/mol. The van der Waals surface area contributed by atoms with Gasteiger partial charge in [0.05, 0.1) is 6.04 Å². The van der Waals surface area contributed by atoms with Crippen LogP contribution in [0.25, 0.3) is 0 Å². The van der Waals surface area contributed by atoms with Crippen molar-refractivity contribution >= 4 is 5.91 Å². The number of methoxy groups -OCH3 is 1. The van der Waals surface area contributed by atoms with Crippen molar-refractivity contribution in [3.8, 4) is 0 Å². The maximum atomic E-state index is 12.1. The molecule has 4 nitrogen and oxygen atoms in total. The summed E-state index contributed by atoms with van der Waals surface area (Å²) in [5.41, 5.74) is -0.0105.